The number of rotatable bonds is 1. The summed E-state index contributed by atoms with van der Waals surface area (Å²) in [7, 11) is -0.344. The van der Waals surface area contributed by atoms with Crippen LogP contribution in [-0.2, 0) is 0 Å². The molecule has 0 aromatic heterocycles. The van der Waals surface area contributed by atoms with Gasteiger partial charge in [0.25, 0.3) is 0 Å². The van der Waals surface area contributed by atoms with E-state index in [-0.39, 0.29) is 13.1 Å². The Morgan fingerprint density at radius 3 is 2.50 bits per heavy atom. The third-order valence-corrected chi connectivity index (χ3v) is 2.14. The van der Waals surface area contributed by atoms with Crippen LogP contribution < -0.4 is 5.73 Å². The summed E-state index contributed by atoms with van der Waals surface area (Å²) in [4.78, 5) is 2.02. The summed E-state index contributed by atoms with van der Waals surface area (Å²) in [5, 5.41) is 9.21. The van der Waals surface area contributed by atoms with E-state index >= 15 is 0 Å². The molecule has 0 saturated carbocycles. The number of hydrogen-bond acceptors (Lipinski definition) is 3. The Morgan fingerprint density at radius 1 is 1.70 bits per heavy atom. The molecule has 0 aromatic rings. The minimum Gasteiger partial charge on any atom is -0.437 e. The Kier molecular flexibility index (Phi) is 2.34. The molecule has 1 heterocycles. The Hall–Kier alpha value is -0.0551. The second-order valence-electron chi connectivity index (χ2n) is 3.17. The predicted octanol–water partition coefficient (Wildman–Crippen LogP) is -0.482. The van der Waals surface area contributed by atoms with Crippen LogP contribution in [0.4, 0.5) is 0 Å². The molecule has 3 nitrogen and oxygen atoms in total. The molecule has 1 rings (SSSR count). The molecule has 1 saturated heterocycles. The van der Waals surface area contributed by atoms with E-state index in [2.05, 4.69) is 6.92 Å². The maximum Gasteiger partial charge on any atom is 0.376 e. The Bertz CT molecular complexity index is 120. The first-order chi connectivity index (χ1) is 4.61. The van der Waals surface area contributed by atoms with Crippen molar-refractivity contribution < 1.29 is 5.02 Å². The standard InChI is InChI=1S/C6H15BN2O/c1-5-3-6(8)4-9(5)7(2)10/h5-6,10H,3-4,8H2,1-2H3/t5-,6+/m0/s1. The van der Waals surface area contributed by atoms with Crippen LogP contribution in [-0.4, -0.2) is 35.5 Å². The molecule has 1 fully saturated rings. The maximum absolute atomic E-state index is 9.21. The molecule has 58 valence electrons. The summed E-state index contributed by atoms with van der Waals surface area (Å²) in [5.41, 5.74) is 5.70. The molecule has 0 bridgehead atoms. The molecular weight excluding hydrogens is 127 g/mol. The summed E-state index contributed by atoms with van der Waals surface area (Å²) < 4.78 is 0. The normalized spacial score (nSPS) is 34.8. The summed E-state index contributed by atoms with van der Waals surface area (Å²) in [6.07, 6.45) is 1.00. The highest BCUT2D eigenvalue weighted by Gasteiger charge is 2.30. The maximum atomic E-state index is 9.21. The first-order valence-electron chi connectivity index (χ1n) is 3.80. The molecule has 4 heteroatoms. The number of nitrogens with zero attached hydrogens (tertiary/aromatic N) is 1. The van der Waals surface area contributed by atoms with Gasteiger partial charge in [0.15, 0.2) is 0 Å². The van der Waals surface area contributed by atoms with Crippen LogP contribution in [0.25, 0.3) is 0 Å². The van der Waals surface area contributed by atoms with E-state index in [1.165, 1.54) is 0 Å². The van der Waals surface area contributed by atoms with E-state index in [4.69, 9.17) is 5.73 Å². The SMILES string of the molecule is CB(O)N1C[C@H](N)C[C@@H]1C. The number of hydrogen-bond donors (Lipinski definition) is 2. The zero-order valence-corrected chi connectivity index (χ0v) is 6.62. The van der Waals surface area contributed by atoms with Crippen molar-refractivity contribution in [1.82, 2.24) is 4.81 Å². The summed E-state index contributed by atoms with van der Waals surface area (Å²) in [6.45, 7) is 4.72. The van der Waals surface area contributed by atoms with Gasteiger partial charge in [0, 0.05) is 12.6 Å². The van der Waals surface area contributed by atoms with Gasteiger partial charge in [0.1, 0.15) is 0 Å². The molecule has 2 atom stereocenters. The van der Waals surface area contributed by atoms with Crippen molar-refractivity contribution in [2.45, 2.75) is 32.3 Å². The lowest BCUT2D eigenvalue weighted by atomic mass is 9.84. The minimum atomic E-state index is -0.344. The average Bonchev–Trinajstić information content (AvgIpc) is 2.10. The van der Waals surface area contributed by atoms with Crippen LogP contribution in [0.15, 0.2) is 0 Å². The summed E-state index contributed by atoms with van der Waals surface area (Å²) in [5.74, 6) is 0. The van der Waals surface area contributed by atoms with Crippen molar-refractivity contribution in [3.63, 3.8) is 0 Å². The second kappa shape index (κ2) is 2.90. The third kappa shape index (κ3) is 1.51. The van der Waals surface area contributed by atoms with Crippen molar-refractivity contribution in [2.75, 3.05) is 6.54 Å². The molecule has 0 spiro atoms. The third-order valence-electron chi connectivity index (χ3n) is 2.14. The second-order valence-corrected chi connectivity index (χ2v) is 3.17. The fourth-order valence-electron chi connectivity index (χ4n) is 1.62. The van der Waals surface area contributed by atoms with Gasteiger partial charge in [-0.05, 0) is 19.3 Å². The lowest BCUT2D eigenvalue weighted by Crippen LogP contribution is -2.40. The fraction of sp³-hybridized carbons (Fsp3) is 1.00. The monoisotopic (exact) mass is 142 g/mol. The van der Waals surface area contributed by atoms with Gasteiger partial charge in [-0.2, -0.15) is 0 Å². The van der Waals surface area contributed by atoms with Crippen LogP contribution >= 0.6 is 0 Å². The molecule has 0 aromatic carbocycles. The first kappa shape index (κ1) is 8.05. The van der Waals surface area contributed by atoms with Crippen LogP contribution in [0, 0.1) is 0 Å². The van der Waals surface area contributed by atoms with E-state index in [9.17, 15) is 5.02 Å². The van der Waals surface area contributed by atoms with Crippen LogP contribution in [0.3, 0.4) is 0 Å². The zero-order chi connectivity index (χ0) is 7.72. The van der Waals surface area contributed by atoms with Crippen molar-refractivity contribution in [1.29, 1.82) is 0 Å². The smallest absolute Gasteiger partial charge is 0.376 e. The molecular formula is C6H15BN2O. The van der Waals surface area contributed by atoms with Crippen molar-refractivity contribution in [3.05, 3.63) is 0 Å². The van der Waals surface area contributed by atoms with Crippen LogP contribution in [0.2, 0.25) is 6.82 Å². The van der Waals surface area contributed by atoms with E-state index in [0.717, 1.165) is 13.0 Å². The highest BCUT2D eigenvalue weighted by atomic mass is 16.2. The summed E-state index contributed by atoms with van der Waals surface area (Å²) in [6, 6.07) is 0.694. The molecule has 0 amide bonds. The zero-order valence-electron chi connectivity index (χ0n) is 6.62. The van der Waals surface area contributed by atoms with Crippen molar-refractivity contribution in [3.8, 4) is 0 Å². The first-order valence-corrected chi connectivity index (χ1v) is 3.80. The molecule has 0 radical (unpaired) electrons. The quantitative estimate of drug-likeness (QED) is 0.486. The average molecular weight is 142 g/mol. The van der Waals surface area contributed by atoms with E-state index < -0.39 is 0 Å². The fourth-order valence-corrected chi connectivity index (χ4v) is 1.62. The van der Waals surface area contributed by atoms with Gasteiger partial charge in [0.05, 0.1) is 0 Å². The van der Waals surface area contributed by atoms with Gasteiger partial charge >= 0.3 is 7.05 Å². The van der Waals surface area contributed by atoms with E-state index in [1.54, 1.807) is 6.82 Å². The highest BCUT2D eigenvalue weighted by Crippen LogP contribution is 2.15. The van der Waals surface area contributed by atoms with Gasteiger partial charge in [-0.25, -0.2) is 0 Å². The largest absolute Gasteiger partial charge is 0.437 e. The van der Waals surface area contributed by atoms with Crippen molar-refractivity contribution >= 4 is 7.05 Å². The summed E-state index contributed by atoms with van der Waals surface area (Å²) >= 11 is 0. The molecule has 3 N–H and O–H groups in total. The Labute approximate surface area is 62.3 Å². The molecule has 0 aliphatic carbocycles. The molecule has 10 heavy (non-hydrogen) atoms. The van der Waals surface area contributed by atoms with Gasteiger partial charge in [0.2, 0.25) is 0 Å². The van der Waals surface area contributed by atoms with Gasteiger partial charge < -0.3 is 15.6 Å². The minimum absolute atomic E-state index is 0.254. The van der Waals surface area contributed by atoms with Gasteiger partial charge in [-0.1, -0.05) is 6.92 Å². The van der Waals surface area contributed by atoms with Gasteiger partial charge in [-0.3, -0.25) is 0 Å². The number of nitrogens with two attached hydrogens (primary N) is 1. The van der Waals surface area contributed by atoms with E-state index in [0.29, 0.717) is 6.04 Å². The van der Waals surface area contributed by atoms with Crippen molar-refractivity contribution in [2.24, 2.45) is 5.73 Å². The molecule has 1 aliphatic heterocycles. The van der Waals surface area contributed by atoms with Gasteiger partial charge in [-0.15, -0.1) is 0 Å². The topological polar surface area (TPSA) is 49.5 Å². The Balaban J connectivity index is 2.46. The van der Waals surface area contributed by atoms with Crippen LogP contribution in [0.1, 0.15) is 13.3 Å². The predicted molar refractivity (Wildman–Crippen MR) is 42.6 cm³/mol. The molecule has 1 aliphatic rings. The molecule has 0 unspecified atom stereocenters. The van der Waals surface area contributed by atoms with Crippen LogP contribution in [0.5, 0.6) is 0 Å². The lowest BCUT2D eigenvalue weighted by molar-refractivity contribution is 0.361. The highest BCUT2D eigenvalue weighted by molar-refractivity contribution is 6.45. The Morgan fingerprint density at radius 2 is 2.30 bits per heavy atom. The lowest BCUT2D eigenvalue weighted by Gasteiger charge is -2.20. The van der Waals surface area contributed by atoms with E-state index in [1.807, 2.05) is 4.81 Å².